The van der Waals surface area contributed by atoms with Crippen LogP contribution in [0.15, 0.2) is 119 Å². The summed E-state index contributed by atoms with van der Waals surface area (Å²) in [7, 11) is 0. The summed E-state index contributed by atoms with van der Waals surface area (Å²) >= 11 is 0. The number of carbonyl (C=O) groups is 5. The number of nitrogens with zero attached hydrogens (tertiary/aromatic N) is 3. The van der Waals surface area contributed by atoms with Crippen LogP contribution in [-0.2, 0) is 67.3 Å². The van der Waals surface area contributed by atoms with Crippen molar-refractivity contribution in [3.8, 4) is 11.5 Å². The molecular formula is C66H89N11O25. The van der Waals surface area contributed by atoms with Gasteiger partial charge in [-0.2, -0.15) is 0 Å². The number of nitrogens with two attached hydrogens (primary N) is 3. The number of hydrogen-bond donors (Lipinski definition) is 21. The lowest BCUT2D eigenvalue weighted by Crippen LogP contribution is -2.70. The van der Waals surface area contributed by atoms with E-state index in [1.54, 1.807) is 61.5 Å². The zero-order valence-corrected chi connectivity index (χ0v) is 55.1. The van der Waals surface area contributed by atoms with Gasteiger partial charge in [-0.1, -0.05) is 91.9 Å². The first kappa shape index (κ1) is 78.0. The summed E-state index contributed by atoms with van der Waals surface area (Å²) in [6.07, 6.45) is -30.4. The van der Waals surface area contributed by atoms with Crippen molar-refractivity contribution >= 4 is 41.8 Å². The maximum atomic E-state index is 15.0. The van der Waals surface area contributed by atoms with Crippen LogP contribution in [0.25, 0.3) is 0 Å². The highest BCUT2D eigenvalue weighted by Gasteiger charge is 2.54. The first-order chi connectivity index (χ1) is 48.9. The maximum Gasteiger partial charge on any atom is 0.246 e. The lowest BCUT2D eigenvalue weighted by atomic mass is 9.93. The topological polar surface area (TPSA) is 579 Å². The predicted molar refractivity (Wildman–Crippen MR) is 352 cm³/mol. The molecule has 0 radical (unpaired) electrons. The van der Waals surface area contributed by atoms with Gasteiger partial charge in [0.05, 0.1) is 64.2 Å². The lowest BCUT2D eigenvalue weighted by molar-refractivity contribution is -0.355. The minimum absolute atomic E-state index is 0.0408. The number of nitrogens with one attached hydrogen (secondary N) is 5. The van der Waals surface area contributed by atoms with E-state index in [1.807, 2.05) is 30.3 Å². The largest absolute Gasteiger partial charge is 0.489 e. The molecule has 9 rings (SSSR count). The first-order valence-electron chi connectivity index (χ1n) is 32.8. The Kier molecular flexibility index (Phi) is 27.4. The quantitative estimate of drug-likeness (QED) is 0.0202. The first-order valence-corrected chi connectivity index (χ1v) is 32.8. The maximum absolute atomic E-state index is 15.0. The average Bonchev–Trinajstić information content (AvgIpc) is 1.31. The second kappa shape index (κ2) is 35.8. The van der Waals surface area contributed by atoms with Crippen LogP contribution in [0, 0.1) is 0 Å². The lowest BCUT2D eigenvalue weighted by Gasteiger charge is -2.46. The molecule has 4 aromatic carbocycles. The van der Waals surface area contributed by atoms with E-state index in [1.165, 1.54) is 24.3 Å². The van der Waals surface area contributed by atoms with Gasteiger partial charge < -0.3 is 153 Å². The van der Waals surface area contributed by atoms with Crippen LogP contribution in [0.4, 0.5) is 0 Å². The summed E-state index contributed by atoms with van der Waals surface area (Å²) < 4.78 is 41.0. The third kappa shape index (κ3) is 18.6. The van der Waals surface area contributed by atoms with Crippen LogP contribution in [0.1, 0.15) is 35.1 Å². The molecule has 5 heterocycles. The molecule has 0 aromatic heterocycles. The Morgan fingerprint density at radius 1 is 0.608 bits per heavy atom. The van der Waals surface area contributed by atoms with Gasteiger partial charge in [0.15, 0.2) is 24.4 Å². The normalized spacial score (nSPS) is 30.3. The van der Waals surface area contributed by atoms with Gasteiger partial charge in [-0.15, -0.1) is 0 Å². The molecule has 0 spiro atoms. The molecule has 0 bridgehead atoms. The number of aldehydes is 1. The highest BCUT2D eigenvalue weighted by atomic mass is 16.7. The van der Waals surface area contributed by atoms with Gasteiger partial charge in [0, 0.05) is 12.3 Å². The number of guanidine groups is 2. The van der Waals surface area contributed by atoms with Crippen molar-refractivity contribution in [2.24, 2.45) is 27.2 Å². The zero-order valence-electron chi connectivity index (χ0n) is 55.1. The fourth-order valence-electron chi connectivity index (χ4n) is 12.3. The van der Waals surface area contributed by atoms with E-state index in [2.05, 4.69) is 36.6 Å². The number of hydrogen-bond acceptors (Lipinski definition) is 32. The predicted octanol–water partition coefficient (Wildman–Crippen LogP) is -8.90. The van der Waals surface area contributed by atoms with Crippen molar-refractivity contribution in [2.75, 3.05) is 39.5 Å². The molecule has 25 atom stereocenters. The number of aliphatic imine (C=N–C) groups is 2. The van der Waals surface area contributed by atoms with Crippen LogP contribution in [0.3, 0.4) is 0 Å². The minimum atomic E-state index is -2.26. The number of aliphatic hydroxyl groups excluding tert-OH is 13. The summed E-state index contributed by atoms with van der Waals surface area (Å²) in [6, 6.07) is 18.7. The third-order valence-corrected chi connectivity index (χ3v) is 18.3. The van der Waals surface area contributed by atoms with Gasteiger partial charge in [0.1, 0.15) is 134 Å². The number of aliphatic hydroxyl groups is 13. The molecule has 3 fully saturated rings. The average molecular weight is 1440 g/mol. The van der Waals surface area contributed by atoms with E-state index < -0.39 is 221 Å². The van der Waals surface area contributed by atoms with Crippen LogP contribution >= 0.6 is 0 Å². The molecule has 4 aromatic rings. The van der Waals surface area contributed by atoms with Crippen molar-refractivity contribution in [1.82, 2.24) is 31.5 Å². The van der Waals surface area contributed by atoms with Crippen LogP contribution in [0.5, 0.6) is 11.5 Å². The van der Waals surface area contributed by atoms with E-state index in [0.717, 1.165) is 10.5 Å². The van der Waals surface area contributed by atoms with Crippen molar-refractivity contribution < 1.29 is 124 Å². The van der Waals surface area contributed by atoms with Crippen LogP contribution in [-0.4, -0.2) is 299 Å². The van der Waals surface area contributed by atoms with E-state index >= 15 is 4.79 Å². The Morgan fingerprint density at radius 3 is 1.80 bits per heavy atom. The number of benzene rings is 4. The molecule has 36 heteroatoms. The zero-order chi connectivity index (χ0) is 73.6. The number of carbonyl (C=O) groups excluding carboxylic acids is 5. The molecule has 36 nitrogen and oxygen atoms in total. The monoisotopic (exact) mass is 1440 g/mol. The molecule has 20 unspecified atom stereocenters. The van der Waals surface area contributed by atoms with Crippen LogP contribution < -0.4 is 53.3 Å². The highest BCUT2D eigenvalue weighted by molar-refractivity contribution is 5.96. The highest BCUT2D eigenvalue weighted by Crippen LogP contribution is 2.33. The number of amides is 4. The molecule has 0 saturated carbocycles. The van der Waals surface area contributed by atoms with Gasteiger partial charge in [-0.25, -0.2) is 0 Å². The summed E-state index contributed by atoms with van der Waals surface area (Å²) in [4.78, 5) is 79.4. The van der Waals surface area contributed by atoms with Crippen molar-refractivity contribution in [2.45, 2.75) is 179 Å². The summed E-state index contributed by atoms with van der Waals surface area (Å²) in [5, 5.41) is 155. The Hall–Kier alpha value is -8.19. The van der Waals surface area contributed by atoms with Crippen molar-refractivity contribution in [3.63, 3.8) is 0 Å². The molecular weight excluding hydrogens is 1350 g/mol. The van der Waals surface area contributed by atoms with Crippen molar-refractivity contribution in [3.05, 3.63) is 131 Å². The fourth-order valence-corrected chi connectivity index (χ4v) is 12.3. The van der Waals surface area contributed by atoms with E-state index in [4.69, 9.17) is 50.4 Å². The molecule has 3 saturated heterocycles. The van der Waals surface area contributed by atoms with Gasteiger partial charge in [0.25, 0.3) is 0 Å². The summed E-state index contributed by atoms with van der Waals surface area (Å²) in [6.45, 7) is -2.35. The number of ether oxygens (including phenoxy) is 7. The summed E-state index contributed by atoms with van der Waals surface area (Å²) in [5.41, 5.74) is 21.2. The van der Waals surface area contributed by atoms with E-state index in [0.29, 0.717) is 23.5 Å². The molecule has 24 N–H and O–H groups in total. The molecule has 558 valence electrons. The van der Waals surface area contributed by atoms with Gasteiger partial charge >= 0.3 is 0 Å². The van der Waals surface area contributed by atoms with E-state index in [-0.39, 0.29) is 36.7 Å². The Balaban J connectivity index is 0.898. The van der Waals surface area contributed by atoms with Gasteiger partial charge in [-0.05, 0) is 46.5 Å². The third-order valence-electron chi connectivity index (χ3n) is 18.3. The van der Waals surface area contributed by atoms with E-state index in [9.17, 15) is 85.6 Å². The second-order valence-electron chi connectivity index (χ2n) is 25.2. The van der Waals surface area contributed by atoms with Gasteiger partial charge in [0.2, 0.25) is 29.9 Å². The fraction of sp³-hybridized carbons (Fsp3) is 0.530. The second-order valence-corrected chi connectivity index (χ2v) is 25.2. The molecule has 5 aliphatic heterocycles. The molecule has 0 aliphatic carbocycles. The van der Waals surface area contributed by atoms with Crippen molar-refractivity contribution in [1.29, 1.82) is 0 Å². The smallest absolute Gasteiger partial charge is 0.246 e. The number of rotatable bonds is 32. The standard InChI is InChI=1S/C66H89N11O25/c1-30(34-10-6-3-7-11-34)44(67)59(93)73-38(58(92)75-45(47(83)39-21-70-65(68)74-39)61(95)76-46(60(94)72-35(23-78)24-79)48(84)40-22-71-66(69)77(40)62-53(89)50(86)49(85)41(25-80)99-62)20-31-12-18-37(19-13-31)98-63-55(91)52(88)57(43(27-82)101-63)102-64-54(90)51(87)56(42(26-81)100-64)97-29-33-14-16-36(17-15-33)96-28-32-8-4-2-5-9-32/h2-19,23,30,35,38-57,62-64,79-91H,20-22,24-29,67H2,1H3,(H2,69,71)(H,72,94)(H,73,93)(H,75,92)(H,76,95)(H3,68,70,74)/t30?,35-,38+,39?,40?,41?,42?,43?,44+,45+,46+,47?,48?,49?,50?,51?,52?,53?,54?,55?,56?,57?,62?,63?,64?/m1/s1. The molecule has 102 heavy (non-hydrogen) atoms. The molecule has 4 amide bonds. The molecule has 5 aliphatic rings. The summed E-state index contributed by atoms with van der Waals surface area (Å²) in [5.74, 6) is -5.59. The SMILES string of the molecule is CC(c1ccccc1)[C@H](N)C(=O)N[C@@H](Cc1ccc(OC2OC(CO)C(OC3OC(CO)C(OCc4ccc(OCc5ccccc5)cc4)C(O)C3O)C(O)C2O)cc1)C(=O)N[C@H](C(=O)N[C@H](C(=O)N[C@H](C=O)CO)C(O)C1CN=C(N)N1C1OC(CO)C(O)C(O)C1O)C(O)C1CN=C(N)N1. The Labute approximate surface area is 583 Å². The Morgan fingerprint density at radius 2 is 1.18 bits per heavy atom. The minimum Gasteiger partial charge on any atom is -0.489 e. The Bertz CT molecular complexity index is 3450. The van der Waals surface area contributed by atoms with Gasteiger partial charge in [-0.3, -0.25) is 29.2 Å². The van der Waals surface area contributed by atoms with Crippen LogP contribution in [0.2, 0.25) is 0 Å².